The molecule has 0 spiro atoms. The molecular formula is C28H14N6O4. The molecule has 0 fully saturated rings. The Bertz CT molecular complexity index is 1700. The molecule has 0 bridgehead atoms. The third-order valence-corrected chi connectivity index (χ3v) is 6.72. The van der Waals surface area contributed by atoms with E-state index in [0.29, 0.717) is 0 Å². The topological polar surface area (TPSA) is 174 Å². The number of hydrogen-bond donors (Lipinski definition) is 2. The van der Waals surface area contributed by atoms with E-state index in [-0.39, 0.29) is 66.9 Å². The molecule has 2 heterocycles. The van der Waals surface area contributed by atoms with Gasteiger partial charge in [-0.05, 0) is 60.7 Å². The number of carbonyl (C=O) groups is 4. The fourth-order valence-corrected chi connectivity index (χ4v) is 4.93. The van der Waals surface area contributed by atoms with Crippen LogP contribution >= 0.6 is 0 Å². The number of nitriles is 2. The second-order valence-corrected chi connectivity index (χ2v) is 8.73. The van der Waals surface area contributed by atoms with Crippen LogP contribution in [0.2, 0.25) is 0 Å². The SMILES string of the molecule is N#Cc1ccc(N2C(=O)c3ccc4c5c(ccc(c35)C2=O)C(=O)N(c2ccc(C#N)c(N)c2)C4=O)cc1N. The number of nitrogens with two attached hydrogens (primary N) is 2. The number of benzene rings is 4. The lowest BCUT2D eigenvalue weighted by Crippen LogP contribution is -2.43. The van der Waals surface area contributed by atoms with Crippen molar-refractivity contribution in [3.05, 3.63) is 94.0 Å². The van der Waals surface area contributed by atoms with E-state index in [2.05, 4.69) is 0 Å². The molecule has 0 saturated heterocycles. The van der Waals surface area contributed by atoms with Crippen LogP contribution in [0.4, 0.5) is 22.7 Å². The molecule has 180 valence electrons. The van der Waals surface area contributed by atoms with Crippen molar-refractivity contribution in [2.45, 2.75) is 0 Å². The fraction of sp³-hybridized carbons (Fsp3) is 0. The molecule has 4 amide bonds. The molecule has 10 heteroatoms. The Hall–Kier alpha value is -6.00. The molecule has 0 aliphatic carbocycles. The van der Waals surface area contributed by atoms with Crippen molar-refractivity contribution in [3.63, 3.8) is 0 Å². The second kappa shape index (κ2) is 7.75. The van der Waals surface area contributed by atoms with E-state index in [1.807, 2.05) is 12.1 Å². The van der Waals surface area contributed by atoms with Gasteiger partial charge in [-0.15, -0.1) is 0 Å². The van der Waals surface area contributed by atoms with Crippen LogP contribution in [0.15, 0.2) is 60.7 Å². The van der Waals surface area contributed by atoms with Gasteiger partial charge in [0, 0.05) is 33.0 Å². The first kappa shape index (κ1) is 22.5. The Kier molecular flexibility index (Phi) is 4.58. The number of hydrogen-bond acceptors (Lipinski definition) is 8. The lowest BCUT2D eigenvalue weighted by molar-refractivity contribution is 0.0873. The van der Waals surface area contributed by atoms with Crippen molar-refractivity contribution in [2.24, 2.45) is 0 Å². The highest BCUT2D eigenvalue weighted by atomic mass is 16.2. The quantitative estimate of drug-likeness (QED) is 0.312. The monoisotopic (exact) mass is 498 g/mol. The summed E-state index contributed by atoms with van der Waals surface area (Å²) in [6.07, 6.45) is 0. The molecule has 10 nitrogen and oxygen atoms in total. The van der Waals surface area contributed by atoms with E-state index >= 15 is 0 Å². The molecule has 2 aliphatic heterocycles. The van der Waals surface area contributed by atoms with Crippen molar-refractivity contribution in [1.82, 2.24) is 0 Å². The average molecular weight is 498 g/mol. The van der Waals surface area contributed by atoms with Crippen molar-refractivity contribution >= 4 is 57.2 Å². The maximum atomic E-state index is 13.5. The van der Waals surface area contributed by atoms with Gasteiger partial charge in [0.2, 0.25) is 0 Å². The maximum Gasteiger partial charge on any atom is 0.265 e. The number of nitrogen functional groups attached to an aromatic ring is 2. The summed E-state index contributed by atoms with van der Waals surface area (Å²) in [5, 5.41) is 18.7. The van der Waals surface area contributed by atoms with E-state index < -0.39 is 23.6 Å². The zero-order chi connectivity index (χ0) is 26.9. The zero-order valence-electron chi connectivity index (χ0n) is 19.4. The minimum absolute atomic E-state index is 0.112. The summed E-state index contributed by atoms with van der Waals surface area (Å²) in [6, 6.07) is 18.1. The molecule has 0 unspecified atom stereocenters. The van der Waals surface area contributed by atoms with Crippen molar-refractivity contribution in [3.8, 4) is 12.1 Å². The van der Waals surface area contributed by atoms with Crippen LogP contribution in [0.5, 0.6) is 0 Å². The first-order valence-corrected chi connectivity index (χ1v) is 11.2. The maximum absolute atomic E-state index is 13.5. The number of anilines is 4. The van der Waals surface area contributed by atoms with Crippen LogP contribution in [-0.4, -0.2) is 23.6 Å². The Labute approximate surface area is 214 Å². The Morgan fingerprint density at radius 3 is 1.11 bits per heavy atom. The molecule has 4 aromatic rings. The van der Waals surface area contributed by atoms with Gasteiger partial charge in [-0.25, -0.2) is 9.80 Å². The van der Waals surface area contributed by atoms with E-state index in [0.717, 1.165) is 9.80 Å². The van der Waals surface area contributed by atoms with Crippen LogP contribution in [0.3, 0.4) is 0 Å². The first-order valence-electron chi connectivity index (χ1n) is 11.2. The van der Waals surface area contributed by atoms with Gasteiger partial charge in [-0.2, -0.15) is 10.5 Å². The van der Waals surface area contributed by atoms with E-state index in [1.165, 1.54) is 60.7 Å². The molecule has 0 saturated carbocycles. The van der Waals surface area contributed by atoms with Crippen LogP contribution in [-0.2, 0) is 0 Å². The molecule has 0 atom stereocenters. The van der Waals surface area contributed by atoms with Gasteiger partial charge in [-0.3, -0.25) is 19.2 Å². The Morgan fingerprint density at radius 1 is 0.526 bits per heavy atom. The minimum atomic E-state index is -0.655. The van der Waals surface area contributed by atoms with Crippen molar-refractivity contribution in [2.75, 3.05) is 21.3 Å². The summed E-state index contributed by atoms with van der Waals surface area (Å²) < 4.78 is 0. The second-order valence-electron chi connectivity index (χ2n) is 8.73. The highest BCUT2D eigenvalue weighted by Gasteiger charge is 2.40. The molecule has 4 aromatic carbocycles. The highest BCUT2D eigenvalue weighted by molar-refractivity contribution is 6.42. The summed E-state index contributed by atoms with van der Waals surface area (Å²) in [7, 11) is 0. The predicted octanol–water partition coefficient (Wildman–Crippen LogP) is 3.35. The lowest BCUT2D eigenvalue weighted by atomic mass is 9.85. The third-order valence-electron chi connectivity index (χ3n) is 6.72. The van der Waals surface area contributed by atoms with Gasteiger partial charge < -0.3 is 11.5 Å². The largest absolute Gasteiger partial charge is 0.398 e. The summed E-state index contributed by atoms with van der Waals surface area (Å²) in [5.74, 6) is -2.62. The number of imide groups is 2. The average Bonchev–Trinajstić information content (AvgIpc) is 2.91. The summed E-state index contributed by atoms with van der Waals surface area (Å²) in [5.41, 5.74) is 13.4. The van der Waals surface area contributed by atoms with Crippen LogP contribution in [0.25, 0.3) is 10.8 Å². The molecule has 38 heavy (non-hydrogen) atoms. The van der Waals surface area contributed by atoms with Gasteiger partial charge in [0.05, 0.1) is 33.9 Å². The summed E-state index contributed by atoms with van der Waals surface area (Å²) >= 11 is 0. The first-order chi connectivity index (χ1) is 18.3. The van der Waals surface area contributed by atoms with Gasteiger partial charge in [0.1, 0.15) is 12.1 Å². The predicted molar refractivity (Wildman–Crippen MR) is 137 cm³/mol. The summed E-state index contributed by atoms with van der Waals surface area (Å²) in [4.78, 5) is 56.0. The van der Waals surface area contributed by atoms with Gasteiger partial charge in [0.25, 0.3) is 23.6 Å². The van der Waals surface area contributed by atoms with Crippen molar-refractivity contribution in [1.29, 1.82) is 10.5 Å². The normalized spacial score (nSPS) is 14.1. The van der Waals surface area contributed by atoms with E-state index in [4.69, 9.17) is 22.0 Å². The van der Waals surface area contributed by atoms with Gasteiger partial charge >= 0.3 is 0 Å². The standard InChI is InChI=1S/C28H14N6O4/c29-11-13-1-3-15(9-21(13)31)33-25(35)17-5-7-19-24-20(8-6-18(23(17)24)26(33)36)28(38)34(27(19)37)16-4-2-14(12-30)22(32)10-16/h1-10H,31-32H2. The third kappa shape index (κ3) is 2.86. The van der Waals surface area contributed by atoms with Crippen LogP contribution in [0, 0.1) is 22.7 Å². The molecular weight excluding hydrogens is 484 g/mol. The molecule has 2 aliphatic rings. The minimum Gasteiger partial charge on any atom is -0.398 e. The lowest BCUT2D eigenvalue weighted by Gasteiger charge is -2.32. The van der Waals surface area contributed by atoms with E-state index in [9.17, 15) is 19.2 Å². The van der Waals surface area contributed by atoms with Crippen LogP contribution in [0.1, 0.15) is 52.6 Å². The number of amides is 4. The fourth-order valence-electron chi connectivity index (χ4n) is 4.93. The smallest absolute Gasteiger partial charge is 0.265 e. The molecule has 4 N–H and O–H groups in total. The van der Waals surface area contributed by atoms with Crippen molar-refractivity contribution < 1.29 is 19.2 Å². The molecule has 0 aromatic heterocycles. The Morgan fingerprint density at radius 2 is 0.842 bits per heavy atom. The molecule has 6 rings (SSSR count). The van der Waals surface area contributed by atoms with Crippen LogP contribution < -0.4 is 21.3 Å². The zero-order valence-corrected chi connectivity index (χ0v) is 19.4. The van der Waals surface area contributed by atoms with Gasteiger partial charge in [-0.1, -0.05) is 0 Å². The number of nitrogens with zero attached hydrogens (tertiary/aromatic N) is 4. The highest BCUT2D eigenvalue weighted by Crippen LogP contribution is 2.40. The van der Waals surface area contributed by atoms with Gasteiger partial charge in [0.15, 0.2) is 0 Å². The van der Waals surface area contributed by atoms with E-state index in [1.54, 1.807) is 0 Å². The summed E-state index contributed by atoms with van der Waals surface area (Å²) in [6.45, 7) is 0. The number of rotatable bonds is 2. The number of carbonyl (C=O) groups excluding carboxylic acids is 4. The molecule has 0 radical (unpaired) electrons. The Balaban J connectivity index is 1.52.